The van der Waals surface area contributed by atoms with E-state index in [1.165, 1.54) is 32.2 Å². The first-order valence-corrected chi connectivity index (χ1v) is 6.63. The molecule has 0 aromatic heterocycles. The number of nitrogens with zero attached hydrogens (tertiary/aromatic N) is 1. The maximum atomic E-state index is 6.18. The maximum absolute atomic E-state index is 6.18. The summed E-state index contributed by atoms with van der Waals surface area (Å²) in [5.41, 5.74) is 6.18. The second-order valence-electron chi connectivity index (χ2n) is 5.44. The molecule has 2 unspecified atom stereocenters. The normalized spacial score (nSPS) is 25.8. The summed E-state index contributed by atoms with van der Waals surface area (Å²) >= 11 is 0. The molecule has 1 aliphatic rings. The van der Waals surface area contributed by atoms with Gasteiger partial charge in [-0.2, -0.15) is 0 Å². The van der Waals surface area contributed by atoms with Crippen LogP contribution < -0.4 is 5.73 Å². The van der Waals surface area contributed by atoms with Crippen molar-refractivity contribution in [1.82, 2.24) is 4.90 Å². The fourth-order valence-corrected chi connectivity index (χ4v) is 2.74. The Kier molecular flexibility index (Phi) is 5.62. The van der Waals surface area contributed by atoms with Crippen LogP contribution in [0.2, 0.25) is 0 Å². The molecule has 0 amide bonds. The Hall–Kier alpha value is -0.0800. The van der Waals surface area contributed by atoms with E-state index in [1.54, 1.807) is 0 Å². The van der Waals surface area contributed by atoms with Crippen molar-refractivity contribution in [2.45, 2.75) is 65.0 Å². The van der Waals surface area contributed by atoms with Gasteiger partial charge >= 0.3 is 0 Å². The smallest absolute Gasteiger partial charge is 0.0170 e. The van der Waals surface area contributed by atoms with Gasteiger partial charge in [-0.25, -0.2) is 0 Å². The first-order valence-electron chi connectivity index (χ1n) is 6.63. The van der Waals surface area contributed by atoms with Crippen LogP contribution in [-0.2, 0) is 0 Å². The van der Waals surface area contributed by atoms with Gasteiger partial charge < -0.3 is 5.73 Å². The largest absolute Gasteiger partial charge is 0.327 e. The van der Waals surface area contributed by atoms with E-state index in [0.717, 1.165) is 24.9 Å². The van der Waals surface area contributed by atoms with E-state index in [1.807, 2.05) is 0 Å². The van der Waals surface area contributed by atoms with E-state index < -0.39 is 0 Å². The third-order valence-corrected chi connectivity index (χ3v) is 3.46. The first-order chi connectivity index (χ1) is 7.13. The molecule has 1 heterocycles. The van der Waals surface area contributed by atoms with Crippen molar-refractivity contribution in [1.29, 1.82) is 0 Å². The van der Waals surface area contributed by atoms with Crippen LogP contribution in [0.1, 0.15) is 52.9 Å². The SMILES string of the molecule is CCC1CCCCN1CC(N)CC(C)C. The van der Waals surface area contributed by atoms with Gasteiger partial charge in [-0.1, -0.05) is 27.2 Å². The zero-order valence-corrected chi connectivity index (χ0v) is 10.7. The quantitative estimate of drug-likeness (QED) is 0.759. The average molecular weight is 212 g/mol. The van der Waals surface area contributed by atoms with Crippen LogP contribution in [0.4, 0.5) is 0 Å². The van der Waals surface area contributed by atoms with E-state index in [2.05, 4.69) is 25.7 Å². The highest BCUT2D eigenvalue weighted by Gasteiger charge is 2.22. The standard InChI is InChI=1S/C13H28N2/c1-4-13-7-5-6-8-15(13)10-12(14)9-11(2)3/h11-13H,4-10,14H2,1-3H3. The van der Waals surface area contributed by atoms with Crippen LogP contribution in [0, 0.1) is 5.92 Å². The molecule has 1 saturated heterocycles. The molecule has 2 N–H and O–H groups in total. The molecular formula is C13H28N2. The number of piperidine rings is 1. The molecule has 0 spiro atoms. The van der Waals surface area contributed by atoms with E-state index >= 15 is 0 Å². The van der Waals surface area contributed by atoms with Gasteiger partial charge in [0, 0.05) is 18.6 Å². The second kappa shape index (κ2) is 6.49. The van der Waals surface area contributed by atoms with Crippen molar-refractivity contribution in [3.8, 4) is 0 Å². The summed E-state index contributed by atoms with van der Waals surface area (Å²) in [4.78, 5) is 2.62. The van der Waals surface area contributed by atoms with Crippen molar-refractivity contribution in [2.24, 2.45) is 11.7 Å². The van der Waals surface area contributed by atoms with Crippen molar-refractivity contribution in [3.63, 3.8) is 0 Å². The number of hydrogen-bond donors (Lipinski definition) is 1. The van der Waals surface area contributed by atoms with Gasteiger partial charge in [0.15, 0.2) is 0 Å². The Bertz CT molecular complexity index is 168. The molecule has 0 aliphatic carbocycles. The fraction of sp³-hybridized carbons (Fsp3) is 1.00. The summed E-state index contributed by atoms with van der Waals surface area (Å²) in [7, 11) is 0. The number of likely N-dealkylation sites (tertiary alicyclic amines) is 1. The maximum Gasteiger partial charge on any atom is 0.0170 e. The van der Waals surface area contributed by atoms with Gasteiger partial charge in [-0.3, -0.25) is 4.90 Å². The van der Waals surface area contributed by atoms with Crippen molar-refractivity contribution >= 4 is 0 Å². The van der Waals surface area contributed by atoms with E-state index in [4.69, 9.17) is 5.73 Å². The van der Waals surface area contributed by atoms with Crippen LogP contribution in [0.3, 0.4) is 0 Å². The molecule has 1 fully saturated rings. The van der Waals surface area contributed by atoms with Gasteiger partial charge in [-0.15, -0.1) is 0 Å². The number of nitrogens with two attached hydrogens (primary N) is 1. The Morgan fingerprint density at radius 3 is 2.67 bits per heavy atom. The third-order valence-electron chi connectivity index (χ3n) is 3.46. The molecule has 2 nitrogen and oxygen atoms in total. The Morgan fingerprint density at radius 1 is 1.33 bits per heavy atom. The third kappa shape index (κ3) is 4.52. The average Bonchev–Trinajstić information content (AvgIpc) is 2.17. The molecule has 90 valence electrons. The van der Waals surface area contributed by atoms with Crippen LogP contribution in [-0.4, -0.2) is 30.1 Å². The molecule has 0 aromatic rings. The second-order valence-corrected chi connectivity index (χ2v) is 5.44. The van der Waals surface area contributed by atoms with Crippen molar-refractivity contribution in [2.75, 3.05) is 13.1 Å². The summed E-state index contributed by atoms with van der Waals surface area (Å²) in [6.45, 7) is 9.19. The predicted molar refractivity (Wildman–Crippen MR) is 66.9 cm³/mol. The number of hydrogen-bond acceptors (Lipinski definition) is 2. The molecule has 1 aliphatic heterocycles. The fourth-order valence-electron chi connectivity index (χ4n) is 2.74. The topological polar surface area (TPSA) is 29.3 Å². The van der Waals surface area contributed by atoms with E-state index in [0.29, 0.717) is 6.04 Å². The van der Waals surface area contributed by atoms with E-state index in [-0.39, 0.29) is 0 Å². The first kappa shape index (κ1) is 13.0. The predicted octanol–water partition coefficient (Wildman–Crippen LogP) is 2.62. The van der Waals surface area contributed by atoms with Crippen LogP contribution in [0.25, 0.3) is 0 Å². The highest BCUT2D eigenvalue weighted by Crippen LogP contribution is 2.20. The molecule has 2 heteroatoms. The highest BCUT2D eigenvalue weighted by atomic mass is 15.2. The van der Waals surface area contributed by atoms with Gasteiger partial charge in [0.05, 0.1) is 0 Å². The van der Waals surface area contributed by atoms with Crippen molar-refractivity contribution < 1.29 is 0 Å². The molecular weight excluding hydrogens is 184 g/mol. The lowest BCUT2D eigenvalue weighted by atomic mass is 9.97. The summed E-state index contributed by atoms with van der Waals surface area (Å²) in [6, 6.07) is 1.18. The molecule has 0 saturated carbocycles. The lowest BCUT2D eigenvalue weighted by Crippen LogP contribution is -2.46. The lowest BCUT2D eigenvalue weighted by Gasteiger charge is -2.37. The minimum Gasteiger partial charge on any atom is -0.327 e. The summed E-state index contributed by atoms with van der Waals surface area (Å²) in [5.74, 6) is 0.727. The van der Waals surface area contributed by atoms with Crippen LogP contribution in [0.5, 0.6) is 0 Å². The zero-order chi connectivity index (χ0) is 11.3. The molecule has 0 radical (unpaired) electrons. The Labute approximate surface area is 95.2 Å². The van der Waals surface area contributed by atoms with Gasteiger partial charge in [0.1, 0.15) is 0 Å². The van der Waals surface area contributed by atoms with E-state index in [9.17, 15) is 0 Å². The summed E-state index contributed by atoms with van der Waals surface area (Å²) in [5, 5.41) is 0. The summed E-state index contributed by atoms with van der Waals surface area (Å²) in [6.07, 6.45) is 6.60. The Balaban J connectivity index is 2.33. The summed E-state index contributed by atoms with van der Waals surface area (Å²) < 4.78 is 0. The van der Waals surface area contributed by atoms with Crippen LogP contribution in [0.15, 0.2) is 0 Å². The van der Waals surface area contributed by atoms with Gasteiger partial charge in [-0.05, 0) is 38.1 Å². The minimum absolute atomic E-state index is 0.372. The zero-order valence-electron chi connectivity index (χ0n) is 10.7. The van der Waals surface area contributed by atoms with Gasteiger partial charge in [0.2, 0.25) is 0 Å². The molecule has 0 aromatic carbocycles. The highest BCUT2D eigenvalue weighted by molar-refractivity contribution is 4.79. The minimum atomic E-state index is 0.372. The number of rotatable bonds is 5. The Morgan fingerprint density at radius 2 is 2.07 bits per heavy atom. The van der Waals surface area contributed by atoms with Crippen molar-refractivity contribution in [3.05, 3.63) is 0 Å². The van der Waals surface area contributed by atoms with Gasteiger partial charge in [0.25, 0.3) is 0 Å². The molecule has 0 bridgehead atoms. The molecule has 2 atom stereocenters. The molecule has 15 heavy (non-hydrogen) atoms. The van der Waals surface area contributed by atoms with Crippen LogP contribution >= 0.6 is 0 Å². The lowest BCUT2D eigenvalue weighted by molar-refractivity contribution is 0.132. The monoisotopic (exact) mass is 212 g/mol. The molecule has 1 rings (SSSR count).